The molecular formula is C17H21N3O. The normalized spacial score (nSPS) is 16.0. The quantitative estimate of drug-likeness (QED) is 0.900. The van der Waals surface area contributed by atoms with E-state index in [1.54, 1.807) is 6.07 Å². The van der Waals surface area contributed by atoms with Crippen LogP contribution in [0, 0.1) is 0 Å². The zero-order valence-electron chi connectivity index (χ0n) is 12.3. The zero-order valence-corrected chi connectivity index (χ0v) is 12.3. The van der Waals surface area contributed by atoms with Crippen LogP contribution in [0.1, 0.15) is 31.4 Å². The van der Waals surface area contributed by atoms with Gasteiger partial charge in [-0.25, -0.2) is 4.98 Å². The zero-order chi connectivity index (χ0) is 14.7. The van der Waals surface area contributed by atoms with E-state index >= 15 is 0 Å². The molecule has 1 atom stereocenters. The third-order valence-electron chi connectivity index (χ3n) is 3.96. The van der Waals surface area contributed by atoms with E-state index in [0.717, 1.165) is 30.2 Å². The van der Waals surface area contributed by atoms with Crippen molar-refractivity contribution in [3.05, 3.63) is 48.2 Å². The van der Waals surface area contributed by atoms with Crippen molar-refractivity contribution in [2.24, 2.45) is 0 Å². The lowest BCUT2D eigenvalue weighted by molar-refractivity contribution is 0.465. The van der Waals surface area contributed by atoms with Gasteiger partial charge in [-0.05, 0) is 38.0 Å². The third-order valence-corrected chi connectivity index (χ3v) is 3.96. The van der Waals surface area contributed by atoms with E-state index in [2.05, 4.69) is 27.3 Å². The van der Waals surface area contributed by atoms with Gasteiger partial charge < -0.3 is 15.3 Å². The van der Waals surface area contributed by atoms with Crippen molar-refractivity contribution in [3.8, 4) is 5.75 Å². The summed E-state index contributed by atoms with van der Waals surface area (Å²) in [6, 6.07) is 11.6. The summed E-state index contributed by atoms with van der Waals surface area (Å²) < 4.78 is 0. The first-order chi connectivity index (χ1) is 10.2. The smallest absolute Gasteiger partial charge is 0.128 e. The lowest BCUT2D eigenvalue weighted by atomic mass is 10.1. The minimum absolute atomic E-state index is 0.0330. The van der Waals surface area contributed by atoms with Crippen LogP contribution in [0.3, 0.4) is 0 Å². The standard InChI is InChI=1S/C17H21N3O/c1-13(15-6-2-3-7-16(15)21)19-14-8-9-17(18-12-14)20-10-4-5-11-20/h2-3,6-9,12-13,19,21H,4-5,10-11H2,1H3. The summed E-state index contributed by atoms with van der Waals surface area (Å²) in [4.78, 5) is 6.85. The van der Waals surface area contributed by atoms with Gasteiger partial charge in [-0.3, -0.25) is 0 Å². The lowest BCUT2D eigenvalue weighted by Crippen LogP contribution is -2.18. The average molecular weight is 283 g/mol. The maximum absolute atomic E-state index is 9.88. The second-order valence-electron chi connectivity index (χ2n) is 5.52. The fourth-order valence-corrected chi connectivity index (χ4v) is 2.79. The Balaban J connectivity index is 1.69. The molecule has 3 rings (SSSR count). The first-order valence-electron chi connectivity index (χ1n) is 7.49. The molecule has 1 unspecified atom stereocenters. The molecule has 2 heterocycles. The Labute approximate surface area is 125 Å². The fraction of sp³-hybridized carbons (Fsp3) is 0.353. The first-order valence-corrected chi connectivity index (χ1v) is 7.49. The summed E-state index contributed by atoms with van der Waals surface area (Å²) in [5.74, 6) is 1.37. The summed E-state index contributed by atoms with van der Waals surface area (Å²) in [6.45, 7) is 4.24. The molecule has 2 aromatic rings. The molecule has 1 aromatic heterocycles. The van der Waals surface area contributed by atoms with Gasteiger partial charge >= 0.3 is 0 Å². The largest absolute Gasteiger partial charge is 0.508 e. The van der Waals surface area contributed by atoms with Gasteiger partial charge in [-0.2, -0.15) is 0 Å². The summed E-state index contributed by atoms with van der Waals surface area (Å²) in [5, 5.41) is 13.3. The van der Waals surface area contributed by atoms with E-state index in [1.165, 1.54) is 12.8 Å². The maximum atomic E-state index is 9.88. The summed E-state index contributed by atoms with van der Waals surface area (Å²) in [6.07, 6.45) is 4.38. The molecule has 110 valence electrons. The van der Waals surface area contributed by atoms with Gasteiger partial charge in [0.2, 0.25) is 0 Å². The number of nitrogens with zero attached hydrogens (tertiary/aromatic N) is 2. The monoisotopic (exact) mass is 283 g/mol. The van der Waals surface area contributed by atoms with Crippen LogP contribution in [-0.4, -0.2) is 23.2 Å². The van der Waals surface area contributed by atoms with E-state index in [4.69, 9.17) is 0 Å². The average Bonchev–Trinajstić information content (AvgIpc) is 3.02. The molecule has 1 aromatic carbocycles. The number of benzene rings is 1. The molecule has 0 radical (unpaired) electrons. The van der Waals surface area contributed by atoms with Crippen LogP contribution in [0.2, 0.25) is 0 Å². The molecule has 1 aliphatic heterocycles. The van der Waals surface area contributed by atoms with Crippen molar-refractivity contribution in [2.45, 2.75) is 25.8 Å². The Morgan fingerprint density at radius 2 is 1.90 bits per heavy atom. The first kappa shape index (κ1) is 13.7. The molecule has 0 aliphatic carbocycles. The SMILES string of the molecule is CC(Nc1ccc(N2CCCC2)nc1)c1ccccc1O. The summed E-state index contributed by atoms with van der Waals surface area (Å²) in [7, 11) is 0. The number of nitrogens with one attached hydrogen (secondary N) is 1. The van der Waals surface area contributed by atoms with Gasteiger partial charge in [0, 0.05) is 18.7 Å². The molecule has 0 bridgehead atoms. The van der Waals surface area contributed by atoms with Gasteiger partial charge in [-0.1, -0.05) is 18.2 Å². The predicted molar refractivity (Wildman–Crippen MR) is 85.8 cm³/mol. The van der Waals surface area contributed by atoms with E-state index in [-0.39, 0.29) is 6.04 Å². The molecule has 0 amide bonds. The van der Waals surface area contributed by atoms with Crippen LogP contribution in [0.25, 0.3) is 0 Å². The second kappa shape index (κ2) is 6.04. The number of rotatable bonds is 4. The maximum Gasteiger partial charge on any atom is 0.128 e. The Hall–Kier alpha value is -2.23. The van der Waals surface area contributed by atoms with Gasteiger partial charge in [-0.15, -0.1) is 0 Å². The number of phenolic OH excluding ortho intramolecular Hbond substituents is 1. The van der Waals surface area contributed by atoms with Crippen molar-refractivity contribution in [1.82, 2.24) is 4.98 Å². The van der Waals surface area contributed by atoms with Crippen LogP contribution in [0.15, 0.2) is 42.6 Å². The second-order valence-corrected chi connectivity index (χ2v) is 5.52. The number of para-hydroxylation sites is 1. The number of aromatic hydroxyl groups is 1. The molecule has 4 nitrogen and oxygen atoms in total. The van der Waals surface area contributed by atoms with Gasteiger partial charge in [0.25, 0.3) is 0 Å². The number of phenols is 1. The van der Waals surface area contributed by atoms with E-state index in [9.17, 15) is 5.11 Å². The number of anilines is 2. The Bertz CT molecular complexity index is 591. The minimum Gasteiger partial charge on any atom is -0.508 e. The molecular weight excluding hydrogens is 262 g/mol. The molecule has 1 saturated heterocycles. The Morgan fingerprint density at radius 3 is 2.57 bits per heavy atom. The van der Waals surface area contributed by atoms with E-state index in [1.807, 2.05) is 31.3 Å². The molecule has 21 heavy (non-hydrogen) atoms. The molecule has 2 N–H and O–H groups in total. The minimum atomic E-state index is 0.0330. The van der Waals surface area contributed by atoms with Crippen molar-refractivity contribution in [1.29, 1.82) is 0 Å². The molecule has 1 aliphatic rings. The van der Waals surface area contributed by atoms with Crippen molar-refractivity contribution < 1.29 is 5.11 Å². The topological polar surface area (TPSA) is 48.4 Å². The number of aromatic nitrogens is 1. The van der Waals surface area contributed by atoms with Crippen LogP contribution >= 0.6 is 0 Å². The Morgan fingerprint density at radius 1 is 1.14 bits per heavy atom. The highest BCUT2D eigenvalue weighted by atomic mass is 16.3. The van der Waals surface area contributed by atoms with E-state index in [0.29, 0.717) is 5.75 Å². The van der Waals surface area contributed by atoms with Gasteiger partial charge in [0.15, 0.2) is 0 Å². The van der Waals surface area contributed by atoms with Crippen molar-refractivity contribution in [2.75, 3.05) is 23.3 Å². The van der Waals surface area contributed by atoms with Crippen LogP contribution < -0.4 is 10.2 Å². The predicted octanol–water partition coefficient (Wildman–Crippen LogP) is 3.56. The number of hydrogen-bond acceptors (Lipinski definition) is 4. The lowest BCUT2D eigenvalue weighted by Gasteiger charge is -2.19. The number of pyridine rings is 1. The molecule has 0 saturated carbocycles. The highest BCUT2D eigenvalue weighted by molar-refractivity contribution is 5.51. The van der Waals surface area contributed by atoms with Gasteiger partial charge in [0.05, 0.1) is 17.9 Å². The summed E-state index contributed by atoms with van der Waals surface area (Å²) >= 11 is 0. The Kier molecular flexibility index (Phi) is 3.95. The van der Waals surface area contributed by atoms with E-state index < -0.39 is 0 Å². The van der Waals surface area contributed by atoms with Crippen molar-refractivity contribution >= 4 is 11.5 Å². The highest BCUT2D eigenvalue weighted by Crippen LogP contribution is 2.27. The van der Waals surface area contributed by atoms with Crippen LogP contribution in [0.4, 0.5) is 11.5 Å². The fourth-order valence-electron chi connectivity index (χ4n) is 2.79. The number of hydrogen-bond donors (Lipinski definition) is 2. The third kappa shape index (κ3) is 3.10. The van der Waals surface area contributed by atoms with Crippen LogP contribution in [0.5, 0.6) is 5.75 Å². The van der Waals surface area contributed by atoms with Crippen LogP contribution in [-0.2, 0) is 0 Å². The van der Waals surface area contributed by atoms with Gasteiger partial charge in [0.1, 0.15) is 11.6 Å². The molecule has 1 fully saturated rings. The highest BCUT2D eigenvalue weighted by Gasteiger charge is 2.14. The molecule has 0 spiro atoms. The molecule has 4 heteroatoms. The summed E-state index contributed by atoms with van der Waals surface area (Å²) in [5.41, 5.74) is 1.86. The van der Waals surface area contributed by atoms with Crippen molar-refractivity contribution in [3.63, 3.8) is 0 Å².